The van der Waals surface area contributed by atoms with Crippen LogP contribution < -0.4 is 5.32 Å². The molecule has 0 aliphatic carbocycles. The Bertz CT molecular complexity index is 317. The quantitative estimate of drug-likeness (QED) is 0.584. The first-order valence-corrected chi connectivity index (χ1v) is 4.50. The zero-order valence-corrected chi connectivity index (χ0v) is 7.53. The standard InChI is InChI=1S/C9H10N2O3/c12-7-2-1-6(10-7)5-11-8(13)3-4-9(11)14/h3-4,6H,1-2,5H2,(H,10,12). The van der Waals surface area contributed by atoms with Gasteiger partial charge in [0, 0.05) is 31.2 Å². The van der Waals surface area contributed by atoms with Crippen LogP contribution in [0, 0.1) is 0 Å². The Balaban J connectivity index is 1.95. The Kier molecular flexibility index (Phi) is 2.07. The lowest BCUT2D eigenvalue weighted by atomic mass is 10.2. The molecule has 1 unspecified atom stereocenters. The molecular formula is C9H10N2O3. The van der Waals surface area contributed by atoms with Crippen LogP contribution in [0.5, 0.6) is 0 Å². The molecule has 0 aromatic heterocycles. The van der Waals surface area contributed by atoms with E-state index in [1.165, 1.54) is 12.2 Å². The van der Waals surface area contributed by atoms with Gasteiger partial charge in [0.1, 0.15) is 0 Å². The molecule has 1 saturated heterocycles. The van der Waals surface area contributed by atoms with Crippen LogP contribution in [0.1, 0.15) is 12.8 Å². The number of hydrogen-bond acceptors (Lipinski definition) is 3. The van der Waals surface area contributed by atoms with E-state index in [0.29, 0.717) is 12.8 Å². The molecule has 5 heteroatoms. The van der Waals surface area contributed by atoms with E-state index in [1.54, 1.807) is 0 Å². The normalized spacial score (nSPS) is 26.1. The van der Waals surface area contributed by atoms with Crippen molar-refractivity contribution >= 4 is 17.7 Å². The molecule has 0 saturated carbocycles. The molecule has 74 valence electrons. The highest BCUT2D eigenvalue weighted by Crippen LogP contribution is 2.11. The predicted octanol–water partition coefficient (Wildman–Crippen LogP) is -0.810. The Hall–Kier alpha value is -1.65. The van der Waals surface area contributed by atoms with Crippen molar-refractivity contribution in [3.05, 3.63) is 12.2 Å². The number of amides is 3. The van der Waals surface area contributed by atoms with Gasteiger partial charge < -0.3 is 5.32 Å². The molecule has 2 aliphatic heterocycles. The number of carbonyl (C=O) groups excluding carboxylic acids is 3. The fraction of sp³-hybridized carbons (Fsp3) is 0.444. The molecule has 2 heterocycles. The molecule has 3 amide bonds. The summed E-state index contributed by atoms with van der Waals surface area (Å²) in [6, 6.07) is -0.0738. The van der Waals surface area contributed by atoms with Crippen molar-refractivity contribution in [1.82, 2.24) is 10.2 Å². The van der Waals surface area contributed by atoms with E-state index >= 15 is 0 Å². The molecule has 0 spiro atoms. The summed E-state index contributed by atoms with van der Waals surface area (Å²) < 4.78 is 0. The van der Waals surface area contributed by atoms with Gasteiger partial charge >= 0.3 is 0 Å². The molecule has 0 aromatic rings. The maximum atomic E-state index is 11.2. The second kappa shape index (κ2) is 3.25. The van der Waals surface area contributed by atoms with Crippen LogP contribution in [0.25, 0.3) is 0 Å². The molecule has 1 atom stereocenters. The van der Waals surface area contributed by atoms with Crippen molar-refractivity contribution in [2.24, 2.45) is 0 Å². The molecule has 0 bridgehead atoms. The highest BCUT2D eigenvalue weighted by Gasteiger charge is 2.29. The molecule has 14 heavy (non-hydrogen) atoms. The third-order valence-electron chi connectivity index (χ3n) is 2.39. The molecule has 0 radical (unpaired) electrons. The summed E-state index contributed by atoms with van der Waals surface area (Å²) in [6.07, 6.45) is 3.67. The van der Waals surface area contributed by atoms with Gasteiger partial charge in [0.15, 0.2) is 0 Å². The fourth-order valence-electron chi connectivity index (χ4n) is 1.65. The minimum atomic E-state index is -0.295. The Morgan fingerprint density at radius 1 is 1.29 bits per heavy atom. The average Bonchev–Trinajstić information content (AvgIpc) is 2.67. The van der Waals surface area contributed by atoms with Crippen LogP contribution in [-0.4, -0.2) is 35.2 Å². The van der Waals surface area contributed by atoms with Crippen molar-refractivity contribution in [1.29, 1.82) is 0 Å². The number of nitrogens with zero attached hydrogens (tertiary/aromatic N) is 1. The minimum Gasteiger partial charge on any atom is -0.352 e. The van der Waals surface area contributed by atoms with Gasteiger partial charge in [-0.3, -0.25) is 19.3 Å². The summed E-state index contributed by atoms with van der Waals surface area (Å²) in [6.45, 7) is 0.288. The monoisotopic (exact) mass is 194 g/mol. The fourth-order valence-corrected chi connectivity index (χ4v) is 1.65. The van der Waals surface area contributed by atoms with Crippen LogP contribution in [0.3, 0.4) is 0 Å². The number of nitrogens with one attached hydrogen (secondary N) is 1. The predicted molar refractivity (Wildman–Crippen MR) is 47.0 cm³/mol. The van der Waals surface area contributed by atoms with Crippen LogP contribution >= 0.6 is 0 Å². The van der Waals surface area contributed by atoms with Gasteiger partial charge in [0.05, 0.1) is 0 Å². The van der Waals surface area contributed by atoms with Gasteiger partial charge in [0.2, 0.25) is 5.91 Å². The van der Waals surface area contributed by atoms with E-state index in [-0.39, 0.29) is 30.3 Å². The lowest BCUT2D eigenvalue weighted by molar-refractivity contribution is -0.137. The Morgan fingerprint density at radius 3 is 2.43 bits per heavy atom. The van der Waals surface area contributed by atoms with Gasteiger partial charge in [-0.05, 0) is 6.42 Å². The summed E-state index contributed by atoms with van der Waals surface area (Å²) >= 11 is 0. The van der Waals surface area contributed by atoms with E-state index in [0.717, 1.165) is 4.90 Å². The van der Waals surface area contributed by atoms with Crippen molar-refractivity contribution in [3.8, 4) is 0 Å². The number of imide groups is 1. The molecule has 2 aliphatic rings. The second-order valence-corrected chi connectivity index (χ2v) is 3.42. The van der Waals surface area contributed by atoms with Gasteiger partial charge in [0.25, 0.3) is 11.8 Å². The molecule has 0 aromatic carbocycles. The molecule has 5 nitrogen and oxygen atoms in total. The van der Waals surface area contributed by atoms with Crippen LogP contribution in [0.2, 0.25) is 0 Å². The van der Waals surface area contributed by atoms with Crippen LogP contribution in [0.15, 0.2) is 12.2 Å². The smallest absolute Gasteiger partial charge is 0.253 e. The topological polar surface area (TPSA) is 66.5 Å². The number of rotatable bonds is 2. The van der Waals surface area contributed by atoms with E-state index in [4.69, 9.17) is 0 Å². The summed E-state index contributed by atoms with van der Waals surface area (Å²) in [5.41, 5.74) is 0. The molecular weight excluding hydrogens is 184 g/mol. The third-order valence-corrected chi connectivity index (χ3v) is 2.39. The molecule has 1 fully saturated rings. The van der Waals surface area contributed by atoms with E-state index < -0.39 is 0 Å². The number of hydrogen-bond donors (Lipinski definition) is 1. The van der Waals surface area contributed by atoms with Crippen molar-refractivity contribution < 1.29 is 14.4 Å². The van der Waals surface area contributed by atoms with Crippen LogP contribution in [0.4, 0.5) is 0 Å². The maximum absolute atomic E-state index is 11.2. The van der Waals surface area contributed by atoms with Gasteiger partial charge in [-0.15, -0.1) is 0 Å². The highest BCUT2D eigenvalue weighted by atomic mass is 16.2. The highest BCUT2D eigenvalue weighted by molar-refractivity contribution is 6.12. The van der Waals surface area contributed by atoms with Crippen molar-refractivity contribution in [2.75, 3.05) is 6.54 Å². The third kappa shape index (κ3) is 1.53. The lowest BCUT2D eigenvalue weighted by Crippen LogP contribution is -2.41. The summed E-state index contributed by atoms with van der Waals surface area (Å²) in [4.78, 5) is 34.3. The van der Waals surface area contributed by atoms with Gasteiger partial charge in [-0.2, -0.15) is 0 Å². The first-order chi connectivity index (χ1) is 6.66. The first kappa shape index (κ1) is 8.93. The second-order valence-electron chi connectivity index (χ2n) is 3.42. The maximum Gasteiger partial charge on any atom is 0.253 e. The minimum absolute atomic E-state index is 0.0120. The van der Waals surface area contributed by atoms with E-state index in [1.807, 2.05) is 0 Å². The first-order valence-electron chi connectivity index (χ1n) is 4.50. The summed E-state index contributed by atoms with van der Waals surface area (Å²) in [7, 11) is 0. The Labute approximate surface area is 80.8 Å². The van der Waals surface area contributed by atoms with Gasteiger partial charge in [-0.1, -0.05) is 0 Å². The Morgan fingerprint density at radius 2 is 1.93 bits per heavy atom. The summed E-state index contributed by atoms with van der Waals surface area (Å²) in [5, 5.41) is 2.71. The van der Waals surface area contributed by atoms with Gasteiger partial charge in [-0.25, -0.2) is 0 Å². The SMILES string of the molecule is O=C1CCC(CN2C(=O)C=CC2=O)N1. The van der Waals surface area contributed by atoms with E-state index in [9.17, 15) is 14.4 Å². The van der Waals surface area contributed by atoms with E-state index in [2.05, 4.69) is 5.32 Å². The zero-order chi connectivity index (χ0) is 10.1. The lowest BCUT2D eigenvalue weighted by Gasteiger charge is -2.18. The average molecular weight is 194 g/mol. The molecule has 1 N–H and O–H groups in total. The molecule has 2 rings (SSSR count). The largest absolute Gasteiger partial charge is 0.352 e. The number of carbonyl (C=O) groups is 3. The van der Waals surface area contributed by atoms with Crippen molar-refractivity contribution in [2.45, 2.75) is 18.9 Å². The summed E-state index contributed by atoms with van der Waals surface area (Å²) in [5.74, 6) is -0.602. The van der Waals surface area contributed by atoms with Crippen LogP contribution in [-0.2, 0) is 14.4 Å². The zero-order valence-electron chi connectivity index (χ0n) is 7.53. The van der Waals surface area contributed by atoms with Crippen molar-refractivity contribution in [3.63, 3.8) is 0 Å².